The Hall–Kier alpha value is -0.830. The molecule has 1 atom stereocenters. The van der Waals surface area contributed by atoms with E-state index in [0.29, 0.717) is 11.5 Å². The van der Waals surface area contributed by atoms with E-state index in [1.54, 1.807) is 0 Å². The second-order valence-electron chi connectivity index (χ2n) is 7.86. The topological polar surface area (TPSA) is 40.7 Å². The first-order chi connectivity index (χ1) is 9.64. The van der Waals surface area contributed by atoms with E-state index in [0.717, 1.165) is 24.3 Å². The highest BCUT2D eigenvalue weighted by Gasteiger charge is 2.52. The fraction of sp³-hybridized carbons (Fsp3) is 0.824. The molecule has 0 amide bonds. The molecule has 0 saturated heterocycles. The Morgan fingerprint density at radius 3 is 2.35 bits per heavy atom. The van der Waals surface area contributed by atoms with Gasteiger partial charge in [-0.05, 0) is 75.5 Å². The highest BCUT2D eigenvalue weighted by molar-refractivity contribution is 5.10. The summed E-state index contributed by atoms with van der Waals surface area (Å²) < 4.78 is 0. The van der Waals surface area contributed by atoms with Crippen LogP contribution in [0.2, 0.25) is 0 Å². The third-order valence-corrected chi connectivity index (χ3v) is 6.51. The van der Waals surface area contributed by atoms with Crippen LogP contribution >= 0.6 is 0 Å². The molecule has 110 valence electrons. The number of hydrogen-bond donors (Lipinski definition) is 2. The number of nitrogens with one attached hydrogen (secondary N) is 2. The van der Waals surface area contributed by atoms with Crippen LogP contribution in [0.1, 0.15) is 56.8 Å². The van der Waals surface area contributed by atoms with Crippen LogP contribution in [0.25, 0.3) is 0 Å². The van der Waals surface area contributed by atoms with Gasteiger partial charge >= 0.3 is 0 Å². The van der Waals surface area contributed by atoms with Gasteiger partial charge in [0.2, 0.25) is 0 Å². The first-order valence-electron chi connectivity index (χ1n) is 8.37. The van der Waals surface area contributed by atoms with Gasteiger partial charge in [0.05, 0.1) is 12.0 Å². The summed E-state index contributed by atoms with van der Waals surface area (Å²) in [6.45, 7) is 5.45. The summed E-state index contributed by atoms with van der Waals surface area (Å²) in [6.07, 6.45) is 10.8. The summed E-state index contributed by atoms with van der Waals surface area (Å²) in [4.78, 5) is 7.59. The summed E-state index contributed by atoms with van der Waals surface area (Å²) in [5.41, 5.74) is 2.98. The number of aromatic amines is 1. The lowest BCUT2D eigenvalue weighted by molar-refractivity contribution is -0.0707. The normalized spacial score (nSPS) is 40.2. The standard InChI is InChI=1S/C17H27N3/c1-11-16(20-10-19-11)9-18-12(2)17-6-13-3-14(7-17)5-15(4-13)8-17/h10,12-15,18H,3-9H2,1-2H3,(H,19,20). The lowest BCUT2D eigenvalue weighted by atomic mass is 9.48. The van der Waals surface area contributed by atoms with Gasteiger partial charge in [0, 0.05) is 18.3 Å². The van der Waals surface area contributed by atoms with Gasteiger partial charge in [-0.1, -0.05) is 0 Å². The Morgan fingerprint density at radius 1 is 1.25 bits per heavy atom. The number of rotatable bonds is 4. The van der Waals surface area contributed by atoms with Crippen molar-refractivity contribution in [3.8, 4) is 0 Å². The minimum Gasteiger partial charge on any atom is -0.348 e. The Bertz CT molecular complexity index is 455. The highest BCUT2D eigenvalue weighted by atomic mass is 15.0. The summed E-state index contributed by atoms with van der Waals surface area (Å²) >= 11 is 0. The van der Waals surface area contributed by atoms with Crippen LogP contribution < -0.4 is 5.32 Å². The Morgan fingerprint density at radius 2 is 1.85 bits per heavy atom. The van der Waals surface area contributed by atoms with Gasteiger partial charge in [-0.15, -0.1) is 0 Å². The lowest BCUT2D eigenvalue weighted by Crippen LogP contribution is -2.54. The summed E-state index contributed by atoms with van der Waals surface area (Å²) in [6, 6.07) is 0.631. The van der Waals surface area contributed by atoms with Gasteiger partial charge in [-0.3, -0.25) is 0 Å². The zero-order chi connectivity index (χ0) is 13.7. The van der Waals surface area contributed by atoms with Crippen molar-refractivity contribution < 1.29 is 0 Å². The van der Waals surface area contributed by atoms with E-state index in [9.17, 15) is 0 Å². The lowest BCUT2D eigenvalue weighted by Gasteiger charge is -2.59. The monoisotopic (exact) mass is 273 g/mol. The fourth-order valence-corrected chi connectivity index (χ4v) is 5.74. The van der Waals surface area contributed by atoms with Crippen molar-refractivity contribution in [2.45, 2.75) is 65.0 Å². The van der Waals surface area contributed by atoms with Gasteiger partial charge < -0.3 is 10.3 Å². The first kappa shape index (κ1) is 12.9. The minimum absolute atomic E-state index is 0.596. The maximum atomic E-state index is 4.42. The quantitative estimate of drug-likeness (QED) is 0.882. The third-order valence-electron chi connectivity index (χ3n) is 6.51. The molecule has 0 spiro atoms. The minimum atomic E-state index is 0.596. The van der Waals surface area contributed by atoms with E-state index in [1.807, 2.05) is 6.33 Å². The van der Waals surface area contributed by atoms with Gasteiger partial charge in [-0.25, -0.2) is 4.98 Å². The predicted molar refractivity (Wildman–Crippen MR) is 80.2 cm³/mol. The van der Waals surface area contributed by atoms with Crippen molar-refractivity contribution in [2.24, 2.45) is 23.2 Å². The second-order valence-corrected chi connectivity index (χ2v) is 7.86. The summed E-state index contributed by atoms with van der Waals surface area (Å²) in [5.74, 6) is 3.12. The van der Waals surface area contributed by atoms with E-state index in [2.05, 4.69) is 29.1 Å². The van der Waals surface area contributed by atoms with Crippen molar-refractivity contribution in [1.29, 1.82) is 0 Å². The molecule has 4 saturated carbocycles. The maximum absolute atomic E-state index is 4.42. The van der Waals surface area contributed by atoms with E-state index in [4.69, 9.17) is 0 Å². The smallest absolute Gasteiger partial charge is 0.0925 e. The molecule has 3 nitrogen and oxygen atoms in total. The Kier molecular flexibility index (Phi) is 2.95. The molecule has 0 aliphatic heterocycles. The molecule has 4 aliphatic carbocycles. The average Bonchev–Trinajstić information content (AvgIpc) is 2.80. The molecule has 1 aromatic heterocycles. The van der Waals surface area contributed by atoms with E-state index >= 15 is 0 Å². The Labute approximate surface area is 122 Å². The zero-order valence-corrected chi connectivity index (χ0v) is 12.8. The van der Waals surface area contributed by atoms with E-state index in [-0.39, 0.29) is 0 Å². The van der Waals surface area contributed by atoms with E-state index < -0.39 is 0 Å². The van der Waals surface area contributed by atoms with Crippen LogP contribution in [0.4, 0.5) is 0 Å². The third kappa shape index (κ3) is 2.02. The van der Waals surface area contributed by atoms with Crippen LogP contribution in [-0.2, 0) is 6.54 Å². The number of imidazole rings is 1. The van der Waals surface area contributed by atoms with Crippen LogP contribution in [0, 0.1) is 30.1 Å². The van der Waals surface area contributed by atoms with Gasteiger partial charge in [0.25, 0.3) is 0 Å². The molecule has 1 unspecified atom stereocenters. The van der Waals surface area contributed by atoms with Crippen molar-refractivity contribution in [2.75, 3.05) is 0 Å². The number of nitrogens with zero attached hydrogens (tertiary/aromatic N) is 1. The highest BCUT2D eigenvalue weighted by Crippen LogP contribution is 2.61. The molecule has 2 N–H and O–H groups in total. The van der Waals surface area contributed by atoms with Crippen LogP contribution in [0.5, 0.6) is 0 Å². The van der Waals surface area contributed by atoms with Gasteiger partial charge in [0.1, 0.15) is 0 Å². The molecule has 0 radical (unpaired) electrons. The van der Waals surface area contributed by atoms with Crippen molar-refractivity contribution in [3.63, 3.8) is 0 Å². The number of aryl methyl sites for hydroxylation is 1. The molecule has 5 rings (SSSR count). The molecular formula is C17H27N3. The molecule has 3 heteroatoms. The predicted octanol–water partition coefficient (Wildman–Crippen LogP) is 3.41. The second kappa shape index (κ2) is 4.59. The summed E-state index contributed by atoms with van der Waals surface area (Å²) in [7, 11) is 0. The van der Waals surface area contributed by atoms with Gasteiger partial charge in [0.15, 0.2) is 0 Å². The van der Waals surface area contributed by atoms with Crippen LogP contribution in [-0.4, -0.2) is 16.0 Å². The number of hydrogen-bond acceptors (Lipinski definition) is 2. The molecule has 1 aromatic rings. The molecular weight excluding hydrogens is 246 g/mol. The van der Waals surface area contributed by atoms with Crippen molar-refractivity contribution >= 4 is 0 Å². The molecule has 4 fully saturated rings. The Balaban J connectivity index is 1.45. The van der Waals surface area contributed by atoms with Crippen molar-refractivity contribution in [1.82, 2.24) is 15.3 Å². The zero-order valence-electron chi connectivity index (χ0n) is 12.8. The average molecular weight is 273 g/mol. The SMILES string of the molecule is Cc1[nH]cnc1CNC(C)C12CC3CC(CC(C3)C1)C2. The number of aromatic nitrogens is 2. The molecule has 0 aromatic carbocycles. The largest absolute Gasteiger partial charge is 0.348 e. The molecule has 20 heavy (non-hydrogen) atoms. The molecule has 4 bridgehead atoms. The van der Waals surface area contributed by atoms with Crippen LogP contribution in [0.15, 0.2) is 6.33 Å². The van der Waals surface area contributed by atoms with Crippen molar-refractivity contribution in [3.05, 3.63) is 17.7 Å². The maximum Gasteiger partial charge on any atom is 0.0925 e. The molecule has 4 aliphatic rings. The number of H-pyrrole nitrogens is 1. The van der Waals surface area contributed by atoms with Crippen LogP contribution in [0.3, 0.4) is 0 Å². The molecule has 1 heterocycles. The summed E-state index contributed by atoms with van der Waals surface area (Å²) in [5, 5.41) is 3.80. The first-order valence-corrected chi connectivity index (χ1v) is 8.37. The fourth-order valence-electron chi connectivity index (χ4n) is 5.74. The van der Waals surface area contributed by atoms with E-state index in [1.165, 1.54) is 49.9 Å². The van der Waals surface area contributed by atoms with Gasteiger partial charge in [-0.2, -0.15) is 0 Å².